The lowest BCUT2D eigenvalue weighted by Gasteiger charge is -2.18. The topological polar surface area (TPSA) is 71.0 Å². The van der Waals surface area contributed by atoms with Gasteiger partial charge in [0.05, 0.1) is 19.3 Å². The minimum atomic E-state index is -0.632. The summed E-state index contributed by atoms with van der Waals surface area (Å²) >= 11 is 0. The van der Waals surface area contributed by atoms with E-state index in [1.807, 2.05) is 31.2 Å². The Bertz CT molecular complexity index is 342. The first-order chi connectivity index (χ1) is 9.15. The Hall–Kier alpha value is -1.14. The second kappa shape index (κ2) is 8.87. The summed E-state index contributed by atoms with van der Waals surface area (Å²) in [6.45, 7) is 2.94. The van der Waals surface area contributed by atoms with E-state index in [0.29, 0.717) is 13.2 Å². The second-order valence-electron chi connectivity index (χ2n) is 4.52. The molecule has 0 aliphatic carbocycles. The van der Waals surface area contributed by atoms with Crippen LogP contribution in [-0.2, 0) is 4.74 Å². The molecule has 0 aromatic heterocycles. The van der Waals surface area contributed by atoms with Crippen molar-refractivity contribution < 1.29 is 19.7 Å². The Kier molecular flexibility index (Phi) is 7.43. The van der Waals surface area contributed by atoms with Gasteiger partial charge in [-0.15, -0.1) is 0 Å². The number of rotatable bonds is 9. The van der Waals surface area contributed by atoms with Gasteiger partial charge in [0.25, 0.3) is 0 Å². The maximum absolute atomic E-state index is 9.77. The summed E-state index contributed by atoms with van der Waals surface area (Å²) in [6, 6.07) is 7.49. The normalized spacial score (nSPS) is 14.1. The van der Waals surface area contributed by atoms with Gasteiger partial charge in [-0.05, 0) is 19.1 Å². The van der Waals surface area contributed by atoms with E-state index in [4.69, 9.17) is 14.6 Å². The molecule has 5 heteroatoms. The lowest BCUT2D eigenvalue weighted by molar-refractivity contribution is 0.0854. The summed E-state index contributed by atoms with van der Waals surface area (Å²) in [6.07, 6.45) is -0.632. The Balaban J connectivity index is 2.23. The number of benzene rings is 1. The molecule has 5 nitrogen and oxygen atoms in total. The third kappa shape index (κ3) is 6.54. The zero-order chi connectivity index (χ0) is 14.1. The van der Waals surface area contributed by atoms with Crippen LogP contribution in [0, 0.1) is 6.92 Å². The molecule has 0 bridgehead atoms. The van der Waals surface area contributed by atoms with E-state index >= 15 is 0 Å². The standard InChI is InChI=1S/C14H23NO4/c1-11-3-5-14(6-4-11)19-10-13(17)7-15-12(8-16)9-18-2/h3-6,12-13,15-17H,7-10H2,1-2H3. The zero-order valence-electron chi connectivity index (χ0n) is 11.5. The van der Waals surface area contributed by atoms with Crippen LogP contribution in [0.1, 0.15) is 5.56 Å². The van der Waals surface area contributed by atoms with E-state index < -0.39 is 6.10 Å². The number of aliphatic hydroxyl groups is 2. The van der Waals surface area contributed by atoms with Crippen molar-refractivity contribution in [2.75, 3.05) is 33.5 Å². The number of aryl methyl sites for hydroxylation is 1. The number of ether oxygens (including phenoxy) is 2. The van der Waals surface area contributed by atoms with Crippen molar-refractivity contribution in [3.05, 3.63) is 29.8 Å². The fraction of sp³-hybridized carbons (Fsp3) is 0.571. The molecule has 108 valence electrons. The van der Waals surface area contributed by atoms with E-state index in [-0.39, 0.29) is 19.3 Å². The minimum absolute atomic E-state index is 0.0284. The summed E-state index contributed by atoms with van der Waals surface area (Å²) in [5.74, 6) is 0.736. The lowest BCUT2D eigenvalue weighted by Crippen LogP contribution is -2.42. The average molecular weight is 269 g/mol. The molecule has 2 atom stereocenters. The fourth-order valence-electron chi connectivity index (χ4n) is 1.57. The Labute approximate surface area is 114 Å². The first kappa shape index (κ1) is 15.9. The summed E-state index contributed by atoms with van der Waals surface area (Å²) in [5.41, 5.74) is 1.17. The smallest absolute Gasteiger partial charge is 0.119 e. The van der Waals surface area contributed by atoms with Crippen LogP contribution >= 0.6 is 0 Å². The minimum Gasteiger partial charge on any atom is -0.491 e. The molecule has 0 fully saturated rings. The Morgan fingerprint density at radius 2 is 1.89 bits per heavy atom. The molecule has 0 saturated carbocycles. The van der Waals surface area contributed by atoms with E-state index in [2.05, 4.69) is 5.32 Å². The first-order valence-electron chi connectivity index (χ1n) is 6.36. The van der Waals surface area contributed by atoms with Gasteiger partial charge in [-0.25, -0.2) is 0 Å². The van der Waals surface area contributed by atoms with E-state index in [0.717, 1.165) is 5.75 Å². The Morgan fingerprint density at radius 1 is 1.21 bits per heavy atom. The predicted octanol–water partition coefficient (Wildman–Crippen LogP) is 0.332. The molecule has 19 heavy (non-hydrogen) atoms. The first-order valence-corrected chi connectivity index (χ1v) is 6.36. The van der Waals surface area contributed by atoms with Crippen LogP contribution in [-0.4, -0.2) is 55.8 Å². The van der Waals surface area contributed by atoms with Crippen LogP contribution < -0.4 is 10.1 Å². The zero-order valence-corrected chi connectivity index (χ0v) is 11.5. The molecule has 0 radical (unpaired) electrons. The third-order valence-corrected chi connectivity index (χ3v) is 2.69. The molecule has 0 aliphatic heterocycles. The second-order valence-corrected chi connectivity index (χ2v) is 4.52. The number of methoxy groups -OCH3 is 1. The highest BCUT2D eigenvalue weighted by atomic mass is 16.5. The van der Waals surface area contributed by atoms with Crippen LogP contribution in [0.3, 0.4) is 0 Å². The van der Waals surface area contributed by atoms with Crippen LogP contribution in [0.2, 0.25) is 0 Å². The van der Waals surface area contributed by atoms with Gasteiger partial charge in [0.2, 0.25) is 0 Å². The maximum Gasteiger partial charge on any atom is 0.119 e. The van der Waals surface area contributed by atoms with E-state index in [1.54, 1.807) is 7.11 Å². The molecular formula is C14H23NO4. The van der Waals surface area contributed by atoms with Crippen molar-refractivity contribution in [1.29, 1.82) is 0 Å². The average Bonchev–Trinajstić information content (AvgIpc) is 2.42. The van der Waals surface area contributed by atoms with Gasteiger partial charge in [-0.1, -0.05) is 17.7 Å². The largest absolute Gasteiger partial charge is 0.491 e. The quantitative estimate of drug-likeness (QED) is 0.603. The SMILES string of the molecule is COCC(CO)NCC(O)COc1ccc(C)cc1. The molecule has 3 N–H and O–H groups in total. The summed E-state index contributed by atoms with van der Waals surface area (Å²) in [7, 11) is 1.57. The summed E-state index contributed by atoms with van der Waals surface area (Å²) in [5, 5.41) is 21.8. The molecule has 0 saturated heterocycles. The highest BCUT2D eigenvalue weighted by Gasteiger charge is 2.10. The fourth-order valence-corrected chi connectivity index (χ4v) is 1.57. The van der Waals surface area contributed by atoms with Gasteiger partial charge >= 0.3 is 0 Å². The van der Waals surface area contributed by atoms with Crippen molar-refractivity contribution in [3.8, 4) is 5.75 Å². The van der Waals surface area contributed by atoms with Crippen LogP contribution in [0.15, 0.2) is 24.3 Å². The van der Waals surface area contributed by atoms with Gasteiger partial charge in [0.15, 0.2) is 0 Å². The highest BCUT2D eigenvalue weighted by molar-refractivity contribution is 5.26. The molecule has 1 rings (SSSR count). The van der Waals surface area contributed by atoms with E-state index in [1.165, 1.54) is 5.56 Å². The van der Waals surface area contributed by atoms with Crippen LogP contribution in [0.25, 0.3) is 0 Å². The lowest BCUT2D eigenvalue weighted by atomic mass is 10.2. The van der Waals surface area contributed by atoms with Gasteiger partial charge in [-0.3, -0.25) is 0 Å². The van der Waals surface area contributed by atoms with Crippen molar-refractivity contribution in [1.82, 2.24) is 5.32 Å². The molecule has 1 aromatic rings. The van der Waals surface area contributed by atoms with Crippen molar-refractivity contribution in [2.24, 2.45) is 0 Å². The third-order valence-electron chi connectivity index (χ3n) is 2.69. The number of nitrogens with one attached hydrogen (secondary N) is 1. The number of hydrogen-bond acceptors (Lipinski definition) is 5. The predicted molar refractivity (Wildman–Crippen MR) is 73.4 cm³/mol. The molecule has 2 unspecified atom stereocenters. The van der Waals surface area contributed by atoms with Gasteiger partial charge in [0.1, 0.15) is 18.5 Å². The molecule has 1 aromatic carbocycles. The monoisotopic (exact) mass is 269 g/mol. The van der Waals surface area contributed by atoms with Gasteiger partial charge in [-0.2, -0.15) is 0 Å². The summed E-state index contributed by atoms with van der Waals surface area (Å²) < 4.78 is 10.4. The van der Waals surface area contributed by atoms with Crippen LogP contribution in [0.5, 0.6) is 5.75 Å². The van der Waals surface area contributed by atoms with Crippen molar-refractivity contribution in [2.45, 2.75) is 19.1 Å². The van der Waals surface area contributed by atoms with Crippen molar-refractivity contribution >= 4 is 0 Å². The highest BCUT2D eigenvalue weighted by Crippen LogP contribution is 2.11. The molecule has 0 heterocycles. The van der Waals surface area contributed by atoms with Gasteiger partial charge in [0, 0.05) is 13.7 Å². The number of hydrogen-bond donors (Lipinski definition) is 3. The van der Waals surface area contributed by atoms with Crippen molar-refractivity contribution in [3.63, 3.8) is 0 Å². The molecule has 0 spiro atoms. The maximum atomic E-state index is 9.77. The molecular weight excluding hydrogens is 246 g/mol. The summed E-state index contributed by atoms with van der Waals surface area (Å²) in [4.78, 5) is 0. The van der Waals surface area contributed by atoms with Gasteiger partial charge < -0.3 is 25.0 Å². The Morgan fingerprint density at radius 3 is 2.47 bits per heavy atom. The van der Waals surface area contributed by atoms with Crippen LogP contribution in [0.4, 0.5) is 0 Å². The number of aliphatic hydroxyl groups excluding tert-OH is 2. The molecule has 0 aliphatic rings. The molecule has 0 amide bonds. The van der Waals surface area contributed by atoms with E-state index in [9.17, 15) is 5.11 Å².